The van der Waals surface area contributed by atoms with Crippen molar-refractivity contribution in [3.8, 4) is 11.8 Å². The fourth-order valence-electron chi connectivity index (χ4n) is 1.58. The molecule has 7 heteroatoms. The first-order valence-electron chi connectivity index (χ1n) is 5.44. The molecule has 0 amide bonds. The molecule has 0 spiro atoms. The van der Waals surface area contributed by atoms with Crippen molar-refractivity contribution >= 4 is 15.7 Å². The summed E-state index contributed by atoms with van der Waals surface area (Å²) in [4.78, 5) is -0.437. The highest BCUT2D eigenvalue weighted by molar-refractivity contribution is 7.92. The van der Waals surface area contributed by atoms with Gasteiger partial charge in [0.2, 0.25) is 0 Å². The van der Waals surface area contributed by atoms with E-state index in [9.17, 15) is 12.8 Å². The van der Waals surface area contributed by atoms with E-state index in [1.165, 1.54) is 36.4 Å². The van der Waals surface area contributed by atoms with Gasteiger partial charge in [-0.3, -0.25) is 4.72 Å². The third-order valence-corrected chi connectivity index (χ3v) is 3.92. The molecule has 0 bridgehead atoms. The Balaban J connectivity index is 2.44. The number of anilines is 1. The van der Waals surface area contributed by atoms with Crippen LogP contribution >= 0.6 is 0 Å². The second-order valence-corrected chi connectivity index (χ2v) is 5.53. The predicted molar refractivity (Wildman–Crippen MR) is 70.0 cm³/mol. The summed E-state index contributed by atoms with van der Waals surface area (Å²) < 4.78 is 39.9. The minimum Gasteiger partial charge on any atom is -0.508 e. The van der Waals surface area contributed by atoms with Gasteiger partial charge < -0.3 is 5.11 Å². The minimum atomic E-state index is -4.09. The Bertz CT molecular complexity index is 780. The Labute approximate surface area is 115 Å². The number of rotatable bonds is 3. The molecule has 20 heavy (non-hydrogen) atoms. The lowest BCUT2D eigenvalue weighted by Gasteiger charge is -2.09. The molecule has 0 saturated carbocycles. The maximum atomic E-state index is 13.4. The van der Waals surface area contributed by atoms with E-state index in [4.69, 9.17) is 10.4 Å². The zero-order valence-corrected chi connectivity index (χ0v) is 10.9. The van der Waals surface area contributed by atoms with E-state index < -0.39 is 26.3 Å². The van der Waals surface area contributed by atoms with Crippen molar-refractivity contribution in [3.05, 3.63) is 53.8 Å². The molecule has 0 atom stereocenters. The van der Waals surface area contributed by atoms with Crippen LogP contribution < -0.4 is 4.72 Å². The van der Waals surface area contributed by atoms with Gasteiger partial charge in [0, 0.05) is 5.69 Å². The van der Waals surface area contributed by atoms with Crippen molar-refractivity contribution in [3.63, 3.8) is 0 Å². The smallest absolute Gasteiger partial charge is 0.263 e. The highest BCUT2D eigenvalue weighted by atomic mass is 32.2. The molecule has 2 rings (SSSR count). The number of aromatic hydroxyl groups is 1. The zero-order chi connectivity index (χ0) is 14.8. The maximum absolute atomic E-state index is 13.4. The summed E-state index contributed by atoms with van der Waals surface area (Å²) in [6.45, 7) is 0. The Morgan fingerprint density at radius 2 is 1.80 bits per heavy atom. The molecular weight excluding hydrogens is 283 g/mol. The Morgan fingerprint density at radius 3 is 2.40 bits per heavy atom. The number of nitriles is 1. The van der Waals surface area contributed by atoms with Crippen molar-refractivity contribution in [2.75, 3.05) is 4.72 Å². The summed E-state index contributed by atoms with van der Waals surface area (Å²) in [5, 5.41) is 18.0. The maximum Gasteiger partial charge on any atom is 0.263 e. The van der Waals surface area contributed by atoms with Crippen LogP contribution in [-0.2, 0) is 10.0 Å². The van der Waals surface area contributed by atoms with Gasteiger partial charge in [-0.05, 0) is 36.4 Å². The van der Waals surface area contributed by atoms with E-state index in [1.54, 1.807) is 0 Å². The highest BCUT2D eigenvalue weighted by Crippen LogP contribution is 2.22. The predicted octanol–water partition coefficient (Wildman–Crippen LogP) is 2.20. The van der Waals surface area contributed by atoms with E-state index >= 15 is 0 Å². The molecule has 0 aliphatic heterocycles. The van der Waals surface area contributed by atoms with E-state index in [0.717, 1.165) is 12.1 Å². The lowest BCUT2D eigenvalue weighted by Crippen LogP contribution is -2.15. The molecular formula is C13H9FN2O3S. The molecule has 0 aliphatic rings. The van der Waals surface area contributed by atoms with E-state index in [-0.39, 0.29) is 11.4 Å². The molecule has 5 nitrogen and oxygen atoms in total. The standard InChI is InChI=1S/C13H9FN2O3S/c14-12-2-1-3-13(11(12)8-15)20(18,19)16-9-4-6-10(17)7-5-9/h1-7,16-17H. The number of nitrogens with zero attached hydrogens (tertiary/aromatic N) is 1. The number of sulfonamides is 1. The number of benzene rings is 2. The summed E-state index contributed by atoms with van der Waals surface area (Å²) in [6.07, 6.45) is 0. The summed E-state index contributed by atoms with van der Waals surface area (Å²) in [6, 6.07) is 10.2. The number of phenolic OH excluding ortho intramolecular Hbond substituents is 1. The van der Waals surface area contributed by atoms with Crippen LogP contribution in [0.25, 0.3) is 0 Å². The third-order valence-electron chi connectivity index (χ3n) is 2.50. The minimum absolute atomic E-state index is 0.0172. The van der Waals surface area contributed by atoms with Gasteiger partial charge in [-0.25, -0.2) is 12.8 Å². The molecule has 0 saturated heterocycles. The number of phenols is 1. The van der Waals surface area contributed by atoms with Crippen LogP contribution in [0.1, 0.15) is 5.56 Å². The van der Waals surface area contributed by atoms with Crippen LogP contribution in [-0.4, -0.2) is 13.5 Å². The van der Waals surface area contributed by atoms with Crippen molar-refractivity contribution in [2.45, 2.75) is 4.90 Å². The lowest BCUT2D eigenvalue weighted by molar-refractivity contribution is 0.475. The van der Waals surface area contributed by atoms with Gasteiger partial charge in [-0.15, -0.1) is 0 Å². The van der Waals surface area contributed by atoms with Gasteiger partial charge >= 0.3 is 0 Å². The molecule has 2 N–H and O–H groups in total. The first-order valence-corrected chi connectivity index (χ1v) is 6.93. The van der Waals surface area contributed by atoms with Crippen LogP contribution in [0, 0.1) is 17.1 Å². The topological polar surface area (TPSA) is 90.2 Å². The van der Waals surface area contributed by atoms with Gasteiger partial charge in [-0.1, -0.05) is 6.07 Å². The van der Waals surface area contributed by atoms with Crippen molar-refractivity contribution in [2.24, 2.45) is 0 Å². The second kappa shape index (κ2) is 5.19. The molecule has 2 aromatic carbocycles. The fourth-order valence-corrected chi connectivity index (χ4v) is 2.80. The molecule has 0 unspecified atom stereocenters. The molecule has 0 aliphatic carbocycles. The average molecular weight is 292 g/mol. The van der Waals surface area contributed by atoms with Crippen LogP contribution in [0.4, 0.5) is 10.1 Å². The number of hydrogen-bond acceptors (Lipinski definition) is 4. The quantitative estimate of drug-likeness (QED) is 0.849. The van der Waals surface area contributed by atoms with Crippen LogP contribution in [0.3, 0.4) is 0 Å². The molecule has 0 radical (unpaired) electrons. The molecule has 102 valence electrons. The Morgan fingerprint density at radius 1 is 1.15 bits per heavy atom. The molecule has 0 aromatic heterocycles. The van der Waals surface area contributed by atoms with E-state index in [0.29, 0.717) is 0 Å². The monoisotopic (exact) mass is 292 g/mol. The summed E-state index contributed by atoms with van der Waals surface area (Å²) in [7, 11) is -4.09. The highest BCUT2D eigenvalue weighted by Gasteiger charge is 2.21. The van der Waals surface area contributed by atoms with Crippen LogP contribution in [0.5, 0.6) is 5.75 Å². The molecule has 2 aromatic rings. The van der Waals surface area contributed by atoms with Crippen LogP contribution in [0.2, 0.25) is 0 Å². The lowest BCUT2D eigenvalue weighted by atomic mass is 10.2. The largest absolute Gasteiger partial charge is 0.508 e. The second-order valence-electron chi connectivity index (χ2n) is 3.88. The zero-order valence-electron chi connectivity index (χ0n) is 10.0. The summed E-state index contributed by atoms with van der Waals surface area (Å²) >= 11 is 0. The van der Waals surface area contributed by atoms with Gasteiger partial charge in [0.1, 0.15) is 28.1 Å². The van der Waals surface area contributed by atoms with Gasteiger partial charge in [0.25, 0.3) is 10.0 Å². The van der Waals surface area contributed by atoms with Crippen molar-refractivity contribution < 1.29 is 17.9 Å². The van der Waals surface area contributed by atoms with Crippen molar-refractivity contribution in [1.29, 1.82) is 5.26 Å². The Hall–Kier alpha value is -2.59. The van der Waals surface area contributed by atoms with Gasteiger partial charge in [0.15, 0.2) is 0 Å². The third kappa shape index (κ3) is 2.70. The Kier molecular flexibility index (Phi) is 3.59. The number of halogens is 1. The summed E-state index contributed by atoms with van der Waals surface area (Å²) in [5.41, 5.74) is -0.352. The number of nitrogens with one attached hydrogen (secondary N) is 1. The molecule has 0 heterocycles. The first-order chi connectivity index (χ1) is 9.44. The SMILES string of the molecule is N#Cc1c(F)cccc1S(=O)(=O)Nc1ccc(O)cc1. The van der Waals surface area contributed by atoms with Gasteiger partial charge in [0.05, 0.1) is 0 Å². The van der Waals surface area contributed by atoms with Gasteiger partial charge in [-0.2, -0.15) is 5.26 Å². The van der Waals surface area contributed by atoms with E-state index in [1.807, 2.05) is 0 Å². The number of hydrogen-bond donors (Lipinski definition) is 2. The normalized spacial score (nSPS) is 10.8. The summed E-state index contributed by atoms with van der Waals surface area (Å²) in [5.74, 6) is -0.919. The first kappa shape index (κ1) is 13.8. The van der Waals surface area contributed by atoms with Crippen molar-refractivity contribution in [1.82, 2.24) is 0 Å². The fraction of sp³-hybridized carbons (Fsp3) is 0. The molecule has 0 fully saturated rings. The van der Waals surface area contributed by atoms with E-state index in [2.05, 4.69) is 4.72 Å². The van der Waals surface area contributed by atoms with Crippen LogP contribution in [0.15, 0.2) is 47.4 Å². The average Bonchev–Trinajstić information content (AvgIpc) is 2.41.